The Balaban J connectivity index is 1.87. The molecule has 0 bridgehead atoms. The number of anilines is 1. The first kappa shape index (κ1) is 18.7. The normalized spacial score (nSPS) is 16.8. The van der Waals surface area contributed by atoms with Crippen LogP contribution in [0.1, 0.15) is 61.9 Å². The van der Waals surface area contributed by atoms with Crippen LogP contribution >= 0.6 is 0 Å². The van der Waals surface area contributed by atoms with Gasteiger partial charge < -0.3 is 19.3 Å². The van der Waals surface area contributed by atoms with Crippen molar-refractivity contribution in [1.82, 2.24) is 20.1 Å². The number of rotatable bonds is 7. The molecular weight excluding hydrogens is 334 g/mol. The van der Waals surface area contributed by atoms with Gasteiger partial charge in [-0.2, -0.15) is 4.98 Å². The summed E-state index contributed by atoms with van der Waals surface area (Å²) in [5.74, 6) is 3.27. The van der Waals surface area contributed by atoms with Gasteiger partial charge in [0.25, 0.3) is 0 Å². The molecule has 1 unspecified atom stereocenters. The van der Waals surface area contributed by atoms with Gasteiger partial charge in [-0.25, -0.2) is 9.97 Å². The molecule has 2 aromatic heterocycles. The maximum atomic E-state index is 5.59. The molecule has 142 valence electrons. The average Bonchev–Trinajstić information content (AvgIpc) is 3.10. The summed E-state index contributed by atoms with van der Waals surface area (Å²) in [6.07, 6.45) is 1.87. The molecule has 0 radical (unpaired) electrons. The first-order valence-corrected chi connectivity index (χ1v) is 9.08. The summed E-state index contributed by atoms with van der Waals surface area (Å²) in [6.45, 7) is 7.90. The largest absolute Gasteiger partial charge is 0.381 e. The molecule has 0 aliphatic carbocycles. The van der Waals surface area contributed by atoms with E-state index < -0.39 is 0 Å². The van der Waals surface area contributed by atoms with Crippen LogP contribution < -0.4 is 5.32 Å². The van der Waals surface area contributed by atoms with Crippen molar-refractivity contribution >= 4 is 5.82 Å². The smallest absolute Gasteiger partial charge is 0.249 e. The van der Waals surface area contributed by atoms with Crippen molar-refractivity contribution in [1.29, 1.82) is 0 Å². The molecule has 1 aliphatic rings. The van der Waals surface area contributed by atoms with Crippen LogP contribution in [0.5, 0.6) is 0 Å². The Morgan fingerprint density at radius 1 is 1.23 bits per heavy atom. The molecule has 0 amide bonds. The highest BCUT2D eigenvalue weighted by molar-refractivity contribution is 5.38. The van der Waals surface area contributed by atoms with Crippen molar-refractivity contribution in [2.24, 2.45) is 5.92 Å². The fourth-order valence-corrected chi connectivity index (χ4v) is 3.10. The Hall–Kier alpha value is -2.06. The van der Waals surface area contributed by atoms with Crippen LogP contribution in [-0.4, -0.2) is 40.4 Å². The van der Waals surface area contributed by atoms with E-state index in [1.807, 2.05) is 13.0 Å². The molecule has 0 saturated carbocycles. The third kappa shape index (κ3) is 4.56. The summed E-state index contributed by atoms with van der Waals surface area (Å²) in [4.78, 5) is 13.6. The number of nitrogens with zero attached hydrogens (tertiary/aromatic N) is 4. The number of hydrogen-bond donors (Lipinski definition) is 1. The maximum Gasteiger partial charge on any atom is 0.249 e. The van der Waals surface area contributed by atoms with E-state index in [9.17, 15) is 0 Å². The van der Waals surface area contributed by atoms with Gasteiger partial charge in [0.15, 0.2) is 11.6 Å². The van der Waals surface area contributed by atoms with E-state index in [4.69, 9.17) is 14.0 Å². The standard InChI is InChI=1S/C18H27N5O3/c1-11(2)17-22-18(26-23-17)16(13-5-7-25-8-6-13)21-14-9-12(3)19-15(20-14)10-24-4/h9,11,13,16H,5-8,10H2,1-4H3,(H,19,20,21). The summed E-state index contributed by atoms with van der Waals surface area (Å²) >= 11 is 0. The van der Waals surface area contributed by atoms with Crippen LogP contribution in [-0.2, 0) is 16.1 Å². The molecule has 8 nitrogen and oxygen atoms in total. The number of methoxy groups -OCH3 is 1. The Bertz CT molecular complexity index is 713. The molecule has 0 spiro atoms. The molecule has 1 atom stereocenters. The molecule has 1 saturated heterocycles. The molecule has 8 heteroatoms. The quantitative estimate of drug-likeness (QED) is 0.804. The average molecular weight is 361 g/mol. The van der Waals surface area contributed by atoms with E-state index in [0.29, 0.717) is 24.2 Å². The van der Waals surface area contributed by atoms with Gasteiger partial charge in [0.2, 0.25) is 5.89 Å². The number of aromatic nitrogens is 4. The second-order valence-electron chi connectivity index (χ2n) is 6.96. The van der Waals surface area contributed by atoms with Gasteiger partial charge in [0.05, 0.1) is 0 Å². The highest BCUT2D eigenvalue weighted by Gasteiger charge is 2.31. The molecule has 3 rings (SSSR count). The van der Waals surface area contributed by atoms with Gasteiger partial charge in [0.1, 0.15) is 18.5 Å². The Labute approximate surface area is 153 Å². The van der Waals surface area contributed by atoms with Crippen LogP contribution in [0.15, 0.2) is 10.6 Å². The van der Waals surface area contributed by atoms with Crippen LogP contribution in [0, 0.1) is 12.8 Å². The molecule has 1 fully saturated rings. The number of nitrogens with one attached hydrogen (secondary N) is 1. The zero-order chi connectivity index (χ0) is 18.5. The van der Waals surface area contributed by atoms with Gasteiger partial charge in [-0.3, -0.25) is 0 Å². The summed E-state index contributed by atoms with van der Waals surface area (Å²) in [7, 11) is 1.63. The fourth-order valence-electron chi connectivity index (χ4n) is 3.10. The maximum absolute atomic E-state index is 5.59. The molecule has 2 aromatic rings. The summed E-state index contributed by atoms with van der Waals surface area (Å²) in [6, 6.07) is 1.81. The first-order chi connectivity index (χ1) is 12.6. The summed E-state index contributed by atoms with van der Waals surface area (Å²) in [5, 5.41) is 7.63. The van der Waals surface area contributed by atoms with Crippen LogP contribution in [0.4, 0.5) is 5.82 Å². The minimum absolute atomic E-state index is 0.108. The zero-order valence-electron chi connectivity index (χ0n) is 15.9. The fraction of sp³-hybridized carbons (Fsp3) is 0.667. The lowest BCUT2D eigenvalue weighted by atomic mass is 9.91. The topological polar surface area (TPSA) is 95.2 Å². The molecule has 1 aliphatic heterocycles. The second kappa shape index (κ2) is 8.55. The minimum Gasteiger partial charge on any atom is -0.381 e. The number of hydrogen-bond acceptors (Lipinski definition) is 8. The van der Waals surface area contributed by atoms with Crippen molar-refractivity contribution in [2.75, 3.05) is 25.6 Å². The van der Waals surface area contributed by atoms with Crippen molar-refractivity contribution in [3.8, 4) is 0 Å². The van der Waals surface area contributed by atoms with E-state index in [2.05, 4.69) is 39.3 Å². The van der Waals surface area contributed by atoms with Crippen molar-refractivity contribution in [3.63, 3.8) is 0 Å². The monoisotopic (exact) mass is 361 g/mol. The molecule has 0 aromatic carbocycles. The molecule has 1 N–H and O–H groups in total. The van der Waals surface area contributed by atoms with Crippen molar-refractivity contribution in [3.05, 3.63) is 29.3 Å². The molecule has 26 heavy (non-hydrogen) atoms. The lowest BCUT2D eigenvalue weighted by Crippen LogP contribution is -2.28. The van der Waals surface area contributed by atoms with E-state index in [-0.39, 0.29) is 12.0 Å². The summed E-state index contributed by atoms with van der Waals surface area (Å²) < 4.78 is 16.3. The van der Waals surface area contributed by atoms with Crippen molar-refractivity contribution in [2.45, 2.75) is 52.2 Å². The van der Waals surface area contributed by atoms with Gasteiger partial charge in [0, 0.05) is 38.0 Å². The van der Waals surface area contributed by atoms with Gasteiger partial charge >= 0.3 is 0 Å². The van der Waals surface area contributed by atoms with E-state index in [1.54, 1.807) is 7.11 Å². The Kier molecular flexibility index (Phi) is 6.16. The van der Waals surface area contributed by atoms with E-state index in [1.165, 1.54) is 0 Å². The van der Waals surface area contributed by atoms with Crippen LogP contribution in [0.3, 0.4) is 0 Å². The predicted octanol–water partition coefficient (Wildman–Crippen LogP) is 3.02. The predicted molar refractivity (Wildman–Crippen MR) is 95.8 cm³/mol. The number of aryl methyl sites for hydroxylation is 1. The SMILES string of the molecule is COCc1nc(C)cc(NC(c2nc(C(C)C)no2)C2CCOCC2)n1. The van der Waals surface area contributed by atoms with E-state index in [0.717, 1.165) is 43.4 Å². The molecular formula is C18H27N5O3. The first-order valence-electron chi connectivity index (χ1n) is 9.08. The highest BCUT2D eigenvalue weighted by Crippen LogP contribution is 2.32. The zero-order valence-corrected chi connectivity index (χ0v) is 15.9. The highest BCUT2D eigenvalue weighted by atomic mass is 16.5. The van der Waals surface area contributed by atoms with Gasteiger partial charge in [-0.05, 0) is 25.7 Å². The van der Waals surface area contributed by atoms with Crippen LogP contribution in [0.2, 0.25) is 0 Å². The Morgan fingerprint density at radius 2 is 2.00 bits per heavy atom. The van der Waals surface area contributed by atoms with Gasteiger partial charge in [-0.15, -0.1) is 0 Å². The Morgan fingerprint density at radius 3 is 2.65 bits per heavy atom. The summed E-state index contributed by atoms with van der Waals surface area (Å²) in [5.41, 5.74) is 0.883. The van der Waals surface area contributed by atoms with Crippen LogP contribution in [0.25, 0.3) is 0 Å². The van der Waals surface area contributed by atoms with E-state index >= 15 is 0 Å². The lowest BCUT2D eigenvalue weighted by Gasteiger charge is -2.29. The molecule has 3 heterocycles. The van der Waals surface area contributed by atoms with Gasteiger partial charge in [-0.1, -0.05) is 19.0 Å². The third-order valence-electron chi connectivity index (χ3n) is 4.45. The third-order valence-corrected chi connectivity index (χ3v) is 4.45. The second-order valence-corrected chi connectivity index (χ2v) is 6.96. The number of ether oxygens (including phenoxy) is 2. The lowest BCUT2D eigenvalue weighted by molar-refractivity contribution is 0.0570. The minimum atomic E-state index is -0.108. The van der Waals surface area contributed by atoms with Crippen molar-refractivity contribution < 1.29 is 14.0 Å².